The summed E-state index contributed by atoms with van der Waals surface area (Å²) in [5.41, 5.74) is 0. The molecule has 0 aromatic rings. The molecule has 0 aromatic heterocycles. The van der Waals surface area contributed by atoms with Gasteiger partial charge in [-0.1, -0.05) is 239 Å². The van der Waals surface area contributed by atoms with E-state index in [0.29, 0.717) is 19.3 Å². The highest BCUT2D eigenvalue weighted by Crippen LogP contribution is 2.45. The van der Waals surface area contributed by atoms with E-state index in [9.17, 15) is 43.5 Å². The molecule has 0 aliphatic rings. The molecule has 0 rings (SSSR count). The number of hydrogen-bond acceptors (Lipinski definition) is 14. The lowest BCUT2D eigenvalue weighted by molar-refractivity contribution is -0.161. The lowest BCUT2D eigenvalue weighted by atomic mass is 10.1. The van der Waals surface area contributed by atoms with Crippen molar-refractivity contribution in [2.24, 2.45) is 0 Å². The molecule has 0 amide bonds. The Morgan fingerprint density at radius 2 is 0.538 bits per heavy atom. The first-order valence-corrected chi connectivity index (χ1v) is 38.8. The van der Waals surface area contributed by atoms with Crippen molar-refractivity contribution in [2.75, 3.05) is 39.6 Å². The van der Waals surface area contributed by atoms with E-state index in [1.54, 1.807) is 0 Å². The summed E-state index contributed by atoms with van der Waals surface area (Å²) in [5.74, 6) is -1.63. The fraction of sp³-hybridized carbons (Fsp3) is 0.693. The monoisotopic (exact) mass is 1350 g/mol. The lowest BCUT2D eigenvalue weighted by Crippen LogP contribution is -2.30. The van der Waals surface area contributed by atoms with Crippen LogP contribution in [0, 0.1) is 0 Å². The summed E-state index contributed by atoms with van der Waals surface area (Å²) >= 11 is 0. The normalized spacial score (nSPS) is 14.9. The van der Waals surface area contributed by atoms with Crippen LogP contribution >= 0.6 is 15.6 Å². The summed E-state index contributed by atoms with van der Waals surface area (Å²) in [6, 6.07) is 0. The van der Waals surface area contributed by atoms with Crippen molar-refractivity contribution >= 4 is 33.6 Å². The van der Waals surface area contributed by atoms with Crippen LogP contribution in [0.2, 0.25) is 0 Å². The van der Waals surface area contributed by atoms with Gasteiger partial charge in [0.2, 0.25) is 0 Å². The Morgan fingerprint density at radius 1 is 0.301 bits per heavy atom. The number of ether oxygens (including phenoxy) is 3. The van der Waals surface area contributed by atoms with E-state index in [4.69, 9.17) is 32.3 Å². The average molecular weight is 1350 g/mol. The third-order valence-electron chi connectivity index (χ3n) is 14.6. The molecular weight excluding hydrogens is 1220 g/mol. The molecule has 93 heavy (non-hydrogen) atoms. The topological polar surface area (TPSA) is 231 Å². The molecule has 0 saturated carbocycles. The number of allylic oxidation sites excluding steroid dienone is 20. The van der Waals surface area contributed by atoms with Crippen LogP contribution < -0.4 is 0 Å². The van der Waals surface area contributed by atoms with Gasteiger partial charge in [-0.05, 0) is 141 Å². The lowest BCUT2D eigenvalue weighted by Gasteiger charge is -2.21. The molecule has 0 fully saturated rings. The van der Waals surface area contributed by atoms with Crippen LogP contribution in [0.3, 0.4) is 0 Å². The van der Waals surface area contributed by atoms with Crippen LogP contribution in [0.5, 0.6) is 0 Å². The van der Waals surface area contributed by atoms with Gasteiger partial charge in [0, 0.05) is 19.3 Å². The molecule has 5 unspecified atom stereocenters. The summed E-state index contributed by atoms with van der Waals surface area (Å²) in [4.78, 5) is 58.5. The number of carbonyl (C=O) groups excluding carboxylic acids is 3. The number of rotatable bonds is 67. The number of phosphoric acid groups is 2. The van der Waals surface area contributed by atoms with E-state index in [1.807, 2.05) is 0 Å². The quantitative estimate of drug-likeness (QED) is 0.0146. The summed E-state index contributed by atoms with van der Waals surface area (Å²) in [6.07, 6.45) is 78.1. The molecule has 4 N–H and O–H groups in total. The van der Waals surface area contributed by atoms with Gasteiger partial charge in [0.05, 0.1) is 26.4 Å². The van der Waals surface area contributed by atoms with Crippen molar-refractivity contribution in [3.8, 4) is 0 Å². The molecular formula is C75H128O16P2. The van der Waals surface area contributed by atoms with Crippen LogP contribution in [-0.4, -0.2) is 95.9 Å². The maximum Gasteiger partial charge on any atom is 0.472 e. The van der Waals surface area contributed by atoms with E-state index in [2.05, 4.69) is 142 Å². The number of aliphatic hydroxyl groups excluding tert-OH is 2. The van der Waals surface area contributed by atoms with Gasteiger partial charge in [0.25, 0.3) is 0 Å². The van der Waals surface area contributed by atoms with E-state index < -0.39 is 91.5 Å². The second kappa shape index (κ2) is 67.9. The Bertz CT molecular complexity index is 2180. The summed E-state index contributed by atoms with van der Waals surface area (Å²) in [6.45, 7) is 2.52. The maximum atomic E-state index is 12.9. The van der Waals surface area contributed by atoms with Gasteiger partial charge in [-0.2, -0.15) is 0 Å². The van der Waals surface area contributed by atoms with Crippen molar-refractivity contribution in [3.63, 3.8) is 0 Å². The summed E-state index contributed by atoms with van der Waals surface area (Å²) in [5, 5.41) is 20.6. The number of phosphoric ester groups is 2. The molecule has 0 saturated heterocycles. The third kappa shape index (κ3) is 69.1. The van der Waals surface area contributed by atoms with Crippen LogP contribution in [-0.2, 0) is 55.8 Å². The fourth-order valence-corrected chi connectivity index (χ4v) is 10.7. The van der Waals surface area contributed by atoms with E-state index in [-0.39, 0.29) is 19.3 Å². The van der Waals surface area contributed by atoms with Crippen LogP contribution in [0.1, 0.15) is 278 Å². The van der Waals surface area contributed by atoms with Crippen molar-refractivity contribution in [3.05, 3.63) is 122 Å². The molecule has 534 valence electrons. The summed E-state index contributed by atoms with van der Waals surface area (Å²) < 4.78 is 60.9. The number of hydrogen-bond donors (Lipinski definition) is 4. The minimum absolute atomic E-state index is 0.0807. The highest BCUT2D eigenvalue weighted by molar-refractivity contribution is 7.47. The predicted molar refractivity (Wildman–Crippen MR) is 380 cm³/mol. The van der Waals surface area contributed by atoms with Gasteiger partial charge < -0.3 is 34.2 Å². The first-order chi connectivity index (χ1) is 45.2. The summed E-state index contributed by atoms with van der Waals surface area (Å²) in [7, 11) is -9.80. The number of esters is 3. The smallest absolute Gasteiger partial charge is 0.463 e. The molecule has 18 heteroatoms. The van der Waals surface area contributed by atoms with Crippen LogP contribution in [0.25, 0.3) is 0 Å². The highest BCUT2D eigenvalue weighted by Gasteiger charge is 2.29. The molecule has 0 spiro atoms. The Kier molecular flexibility index (Phi) is 65.0. The van der Waals surface area contributed by atoms with Crippen molar-refractivity contribution < 1.29 is 75.8 Å². The molecule has 0 radical (unpaired) electrons. The molecule has 16 nitrogen and oxygen atoms in total. The Labute approximate surface area is 563 Å². The maximum absolute atomic E-state index is 12.9. The molecule has 0 aliphatic carbocycles. The third-order valence-corrected chi connectivity index (χ3v) is 16.5. The van der Waals surface area contributed by atoms with Gasteiger partial charge in [0.15, 0.2) is 6.10 Å². The van der Waals surface area contributed by atoms with E-state index in [1.165, 1.54) is 70.6 Å². The predicted octanol–water partition coefficient (Wildman–Crippen LogP) is 20.2. The van der Waals surface area contributed by atoms with Crippen molar-refractivity contribution in [1.29, 1.82) is 0 Å². The van der Waals surface area contributed by atoms with Gasteiger partial charge >= 0.3 is 33.6 Å². The second-order valence-electron chi connectivity index (χ2n) is 23.7. The van der Waals surface area contributed by atoms with Crippen LogP contribution in [0.4, 0.5) is 0 Å². The molecule has 0 aliphatic heterocycles. The van der Waals surface area contributed by atoms with E-state index >= 15 is 0 Å². The van der Waals surface area contributed by atoms with Crippen molar-refractivity contribution in [1.82, 2.24) is 0 Å². The molecule has 0 aromatic carbocycles. The average Bonchev–Trinajstić information content (AvgIpc) is 3.71. The van der Waals surface area contributed by atoms with Crippen LogP contribution in [0.15, 0.2) is 122 Å². The first-order valence-electron chi connectivity index (χ1n) is 35.8. The minimum atomic E-state index is -4.94. The molecule has 0 heterocycles. The number of carbonyl (C=O) groups is 3. The second-order valence-corrected chi connectivity index (χ2v) is 26.6. The van der Waals surface area contributed by atoms with Crippen molar-refractivity contribution in [2.45, 2.75) is 296 Å². The molecule has 5 atom stereocenters. The fourth-order valence-electron chi connectivity index (χ4n) is 9.10. The van der Waals surface area contributed by atoms with Gasteiger partial charge in [-0.3, -0.25) is 32.5 Å². The Balaban J connectivity index is 4.72. The van der Waals surface area contributed by atoms with E-state index in [0.717, 1.165) is 148 Å². The zero-order valence-electron chi connectivity index (χ0n) is 57.9. The van der Waals surface area contributed by atoms with Gasteiger partial charge in [-0.15, -0.1) is 0 Å². The molecule has 0 bridgehead atoms. The number of aliphatic hydroxyl groups is 2. The minimum Gasteiger partial charge on any atom is -0.463 e. The first kappa shape index (κ1) is 89.0. The largest absolute Gasteiger partial charge is 0.472 e. The zero-order valence-corrected chi connectivity index (χ0v) is 59.7. The van der Waals surface area contributed by atoms with Gasteiger partial charge in [0.1, 0.15) is 25.4 Å². The SMILES string of the molecule is CCCCC/C=C\C/C=C\C/C=C\C/C=C\CCCCCCCC(=O)OCC(O)COP(=O)(O)OCC(O)COP(=O)(O)OCC(COC(=O)CCCCCCC/C=C\C/C=C\C/C=C\C/C=C\CCCCC)OC(=O)CCCCCCC/C=C\C/C=C\CCCCC. The Morgan fingerprint density at radius 3 is 0.849 bits per heavy atom. The Hall–Kier alpha value is -4.05. The highest BCUT2D eigenvalue weighted by atomic mass is 31.2. The number of unbranched alkanes of at least 4 members (excludes halogenated alkanes) is 24. The van der Waals surface area contributed by atoms with Gasteiger partial charge in [-0.25, -0.2) is 9.13 Å². The zero-order chi connectivity index (χ0) is 68.1. The standard InChI is InChI=1S/C75H128O16P2/c1-4-7-10-13-16-19-22-25-28-30-32-34-36-38-41-43-46-49-52-55-58-61-73(78)85-64-70(76)65-87-92(81,82)88-66-71(77)67-89-93(83,84)90-69-72(91-75(80)63-60-57-54-51-48-45-40-27-24-21-18-15-12-9-6-3)68-86-74(79)62-59-56-53-50-47-44-42-39-37-35-33-31-29-26-23-20-17-14-11-8-5-2/h16-21,25-29,32-35,38-42,70-72,76-77H,4-15,22-24,30-31,36-37,43-69H2,1-3H3,(H,81,82)(H,83,84)/b19-16-,20-17-,21-18-,28-25-,29-26-,34-32-,35-33-,40-27-,41-38-,42-39-.